The number of ether oxygens (including phenoxy) is 1. The third-order valence-corrected chi connectivity index (χ3v) is 3.90. The minimum atomic E-state index is -0.282. The van der Waals surface area contributed by atoms with Crippen molar-refractivity contribution in [3.8, 4) is 0 Å². The molecule has 1 aliphatic heterocycles. The van der Waals surface area contributed by atoms with E-state index < -0.39 is 0 Å². The lowest BCUT2D eigenvalue weighted by molar-refractivity contribution is -0.129. The zero-order valence-electron chi connectivity index (χ0n) is 13.9. The monoisotopic (exact) mass is 387 g/mol. The predicted molar refractivity (Wildman–Crippen MR) is 99.1 cm³/mol. The molecule has 7 nitrogen and oxygen atoms in total. The van der Waals surface area contributed by atoms with Crippen LogP contribution in [0.2, 0.25) is 0 Å². The maximum absolute atomic E-state index is 12.2. The minimum Gasteiger partial charge on any atom is -0.375 e. The second-order valence-corrected chi connectivity index (χ2v) is 5.64. The minimum absolute atomic E-state index is 0. The molecule has 1 aliphatic rings. The first kappa shape index (κ1) is 21.4. The van der Waals surface area contributed by atoms with Crippen LogP contribution in [0.15, 0.2) is 36.9 Å². The van der Waals surface area contributed by atoms with Gasteiger partial charge in [-0.15, -0.1) is 24.8 Å². The molecule has 1 aromatic heterocycles. The number of morpholine rings is 1. The molecular formula is C16H23Cl2N5O2. The van der Waals surface area contributed by atoms with Crippen molar-refractivity contribution >= 4 is 30.7 Å². The van der Waals surface area contributed by atoms with Crippen LogP contribution in [-0.2, 0) is 22.6 Å². The standard InChI is InChI=1S/C16H21N5O2.2ClH/c1-12-15(18-6-7-23-12)16(22)19-8-13-2-4-14(5-3-13)9-21-11-17-10-20-21;;/h2-5,10-12,15,18H,6-9H2,1H3,(H,19,22);2*1H/t12-,15+;;/m1../s1. The van der Waals surface area contributed by atoms with Gasteiger partial charge in [-0.2, -0.15) is 5.10 Å². The van der Waals surface area contributed by atoms with Gasteiger partial charge in [0.25, 0.3) is 0 Å². The number of amides is 1. The summed E-state index contributed by atoms with van der Waals surface area (Å²) in [5, 5.41) is 10.2. The van der Waals surface area contributed by atoms with Crippen molar-refractivity contribution in [3.63, 3.8) is 0 Å². The van der Waals surface area contributed by atoms with E-state index in [4.69, 9.17) is 4.74 Å². The van der Waals surface area contributed by atoms with E-state index in [1.807, 2.05) is 31.2 Å². The van der Waals surface area contributed by atoms with Gasteiger partial charge in [0, 0.05) is 13.1 Å². The van der Waals surface area contributed by atoms with Crippen LogP contribution in [0.5, 0.6) is 0 Å². The van der Waals surface area contributed by atoms with Crippen LogP contribution in [0.25, 0.3) is 0 Å². The van der Waals surface area contributed by atoms with Crippen LogP contribution in [0.1, 0.15) is 18.1 Å². The lowest BCUT2D eigenvalue weighted by Crippen LogP contribution is -2.55. The molecular weight excluding hydrogens is 365 g/mol. The van der Waals surface area contributed by atoms with E-state index >= 15 is 0 Å². The number of rotatable bonds is 5. The second kappa shape index (κ2) is 10.4. The molecule has 2 N–H and O–H groups in total. The highest BCUT2D eigenvalue weighted by molar-refractivity contribution is 5.85. The molecule has 2 aromatic rings. The van der Waals surface area contributed by atoms with Gasteiger partial charge in [0.15, 0.2) is 0 Å². The fourth-order valence-corrected chi connectivity index (χ4v) is 2.59. The highest BCUT2D eigenvalue weighted by Gasteiger charge is 2.27. The van der Waals surface area contributed by atoms with Crippen molar-refractivity contribution in [1.29, 1.82) is 0 Å². The lowest BCUT2D eigenvalue weighted by atomic mass is 10.1. The summed E-state index contributed by atoms with van der Waals surface area (Å²) in [4.78, 5) is 16.1. The molecule has 25 heavy (non-hydrogen) atoms. The summed E-state index contributed by atoms with van der Waals surface area (Å²) in [5.74, 6) is -0.0242. The van der Waals surface area contributed by atoms with E-state index in [0.717, 1.165) is 11.1 Å². The summed E-state index contributed by atoms with van der Waals surface area (Å²) < 4.78 is 7.26. The van der Waals surface area contributed by atoms with Crippen molar-refractivity contribution in [3.05, 3.63) is 48.0 Å². The molecule has 0 bridgehead atoms. The van der Waals surface area contributed by atoms with E-state index in [1.54, 1.807) is 11.0 Å². The molecule has 1 aromatic carbocycles. The maximum atomic E-state index is 12.2. The summed E-state index contributed by atoms with van der Waals surface area (Å²) in [5.41, 5.74) is 2.20. The molecule has 2 heterocycles. The van der Waals surface area contributed by atoms with Gasteiger partial charge in [-0.25, -0.2) is 9.67 Å². The van der Waals surface area contributed by atoms with Crippen molar-refractivity contribution < 1.29 is 9.53 Å². The van der Waals surface area contributed by atoms with E-state index in [1.165, 1.54) is 6.33 Å². The molecule has 0 aliphatic carbocycles. The number of hydrogen-bond acceptors (Lipinski definition) is 5. The number of hydrogen-bond donors (Lipinski definition) is 2. The molecule has 2 atom stereocenters. The van der Waals surface area contributed by atoms with Crippen molar-refractivity contribution in [2.45, 2.75) is 32.2 Å². The van der Waals surface area contributed by atoms with Gasteiger partial charge in [0.05, 0.1) is 19.3 Å². The number of aromatic nitrogens is 3. The Kier molecular flexibility index (Phi) is 8.85. The summed E-state index contributed by atoms with van der Waals surface area (Å²) in [6, 6.07) is 7.82. The molecule has 1 amide bonds. The first-order valence-electron chi connectivity index (χ1n) is 7.75. The van der Waals surface area contributed by atoms with Crippen LogP contribution in [0.3, 0.4) is 0 Å². The molecule has 9 heteroatoms. The maximum Gasteiger partial charge on any atom is 0.240 e. The smallest absolute Gasteiger partial charge is 0.240 e. The van der Waals surface area contributed by atoms with Crippen LogP contribution < -0.4 is 10.6 Å². The van der Waals surface area contributed by atoms with Crippen LogP contribution in [0, 0.1) is 0 Å². The molecule has 1 fully saturated rings. The van der Waals surface area contributed by atoms with E-state index in [2.05, 4.69) is 20.7 Å². The molecule has 0 unspecified atom stereocenters. The fourth-order valence-electron chi connectivity index (χ4n) is 2.59. The third-order valence-electron chi connectivity index (χ3n) is 3.90. The summed E-state index contributed by atoms with van der Waals surface area (Å²) in [6.45, 7) is 4.47. The average molecular weight is 388 g/mol. The highest BCUT2D eigenvalue weighted by atomic mass is 35.5. The lowest BCUT2D eigenvalue weighted by Gasteiger charge is -2.29. The van der Waals surface area contributed by atoms with Crippen molar-refractivity contribution in [2.24, 2.45) is 0 Å². The number of carbonyl (C=O) groups excluding carboxylic acids is 1. The van der Waals surface area contributed by atoms with Crippen LogP contribution in [-0.4, -0.2) is 46.0 Å². The van der Waals surface area contributed by atoms with Gasteiger partial charge >= 0.3 is 0 Å². The van der Waals surface area contributed by atoms with Crippen LogP contribution >= 0.6 is 24.8 Å². The predicted octanol–water partition coefficient (Wildman–Crippen LogP) is 1.16. The van der Waals surface area contributed by atoms with Gasteiger partial charge < -0.3 is 15.4 Å². The Hall–Kier alpha value is -1.67. The number of benzene rings is 1. The average Bonchev–Trinajstić information content (AvgIpc) is 3.07. The molecule has 138 valence electrons. The molecule has 0 saturated carbocycles. The normalized spacial score (nSPS) is 19.4. The van der Waals surface area contributed by atoms with Gasteiger partial charge in [-0.1, -0.05) is 24.3 Å². The van der Waals surface area contributed by atoms with E-state index in [9.17, 15) is 4.79 Å². The second-order valence-electron chi connectivity index (χ2n) is 5.64. The zero-order valence-corrected chi connectivity index (χ0v) is 15.6. The summed E-state index contributed by atoms with van der Waals surface area (Å²) >= 11 is 0. The third kappa shape index (κ3) is 5.97. The molecule has 1 saturated heterocycles. The summed E-state index contributed by atoms with van der Waals surface area (Å²) in [6.07, 6.45) is 3.11. The quantitative estimate of drug-likeness (QED) is 0.804. The number of halogens is 2. The topological polar surface area (TPSA) is 81.1 Å². The Labute approximate surface area is 159 Å². The zero-order chi connectivity index (χ0) is 16.1. The summed E-state index contributed by atoms with van der Waals surface area (Å²) in [7, 11) is 0. The van der Waals surface area contributed by atoms with Gasteiger partial charge in [0.2, 0.25) is 5.91 Å². The number of carbonyl (C=O) groups is 1. The van der Waals surface area contributed by atoms with Crippen molar-refractivity contribution in [1.82, 2.24) is 25.4 Å². The Morgan fingerprint density at radius 3 is 2.68 bits per heavy atom. The molecule has 0 spiro atoms. The first-order chi connectivity index (χ1) is 11.2. The van der Waals surface area contributed by atoms with Gasteiger partial charge in [0.1, 0.15) is 18.7 Å². The Morgan fingerprint density at radius 1 is 1.32 bits per heavy atom. The van der Waals surface area contributed by atoms with Crippen molar-refractivity contribution in [2.75, 3.05) is 13.2 Å². The first-order valence-corrected chi connectivity index (χ1v) is 7.75. The van der Waals surface area contributed by atoms with Gasteiger partial charge in [-0.05, 0) is 18.1 Å². The van der Waals surface area contributed by atoms with E-state index in [0.29, 0.717) is 26.2 Å². The molecule has 0 radical (unpaired) electrons. The fraction of sp³-hybridized carbons (Fsp3) is 0.438. The SMILES string of the molecule is C[C@H]1OCCN[C@@H]1C(=O)NCc1ccc(Cn2cncn2)cc1.Cl.Cl. The Morgan fingerprint density at radius 2 is 2.04 bits per heavy atom. The largest absolute Gasteiger partial charge is 0.375 e. The van der Waals surface area contributed by atoms with Crippen LogP contribution in [0.4, 0.5) is 0 Å². The molecule has 3 rings (SSSR count). The number of nitrogens with one attached hydrogen (secondary N) is 2. The Bertz CT molecular complexity index is 636. The Balaban J connectivity index is 0.00000156. The number of nitrogens with zero attached hydrogens (tertiary/aromatic N) is 3. The highest BCUT2D eigenvalue weighted by Crippen LogP contribution is 2.07. The van der Waals surface area contributed by atoms with E-state index in [-0.39, 0.29) is 42.9 Å². The van der Waals surface area contributed by atoms with Gasteiger partial charge in [-0.3, -0.25) is 4.79 Å².